The number of carbonyl (C=O) groups excluding carboxylic acids is 2. The fourth-order valence-electron chi connectivity index (χ4n) is 3.95. The van der Waals surface area contributed by atoms with Crippen molar-refractivity contribution < 1.29 is 9.59 Å². The SMILES string of the molecule is CC(C)c1ccc(C(=O)NC(=S)Nc2ccccc2C(=O)N(C)C2CCCCC2)cc1. The maximum atomic E-state index is 13.1. The predicted molar refractivity (Wildman–Crippen MR) is 130 cm³/mol. The Labute approximate surface area is 190 Å². The lowest BCUT2D eigenvalue weighted by molar-refractivity contribution is 0.0697. The molecule has 2 aromatic carbocycles. The number of nitrogens with one attached hydrogen (secondary N) is 2. The highest BCUT2D eigenvalue weighted by atomic mass is 32.1. The van der Waals surface area contributed by atoms with Gasteiger partial charge in [-0.05, 0) is 60.8 Å². The summed E-state index contributed by atoms with van der Waals surface area (Å²) in [6.45, 7) is 4.22. The van der Waals surface area contributed by atoms with Crippen molar-refractivity contribution in [2.75, 3.05) is 12.4 Å². The van der Waals surface area contributed by atoms with Crippen LogP contribution in [0.2, 0.25) is 0 Å². The highest BCUT2D eigenvalue weighted by molar-refractivity contribution is 7.80. The monoisotopic (exact) mass is 437 g/mol. The molecule has 0 spiro atoms. The van der Waals surface area contributed by atoms with Crippen LogP contribution in [0.1, 0.15) is 78.1 Å². The van der Waals surface area contributed by atoms with Crippen molar-refractivity contribution in [3.8, 4) is 0 Å². The molecule has 0 bridgehead atoms. The van der Waals surface area contributed by atoms with Crippen LogP contribution >= 0.6 is 12.2 Å². The molecule has 1 aliphatic rings. The van der Waals surface area contributed by atoms with Crippen molar-refractivity contribution in [3.05, 3.63) is 65.2 Å². The zero-order valence-electron chi connectivity index (χ0n) is 18.5. The number of benzene rings is 2. The van der Waals surface area contributed by atoms with E-state index in [4.69, 9.17) is 12.2 Å². The molecule has 0 saturated heterocycles. The van der Waals surface area contributed by atoms with Crippen LogP contribution in [0.5, 0.6) is 0 Å². The molecule has 0 aromatic heterocycles. The second kappa shape index (κ2) is 10.5. The zero-order chi connectivity index (χ0) is 22.4. The Hall–Kier alpha value is -2.73. The number of hydrogen-bond donors (Lipinski definition) is 2. The highest BCUT2D eigenvalue weighted by Gasteiger charge is 2.24. The van der Waals surface area contributed by atoms with Crippen molar-refractivity contribution >= 4 is 34.8 Å². The average Bonchev–Trinajstić information content (AvgIpc) is 2.79. The number of rotatable bonds is 5. The molecule has 2 amide bonds. The molecule has 0 radical (unpaired) electrons. The largest absolute Gasteiger partial charge is 0.339 e. The molecule has 6 heteroatoms. The molecular formula is C25H31N3O2S. The number of carbonyl (C=O) groups is 2. The molecule has 3 rings (SSSR count). The van der Waals surface area contributed by atoms with Crippen molar-refractivity contribution in [2.45, 2.75) is 57.9 Å². The van der Waals surface area contributed by atoms with E-state index in [-0.39, 0.29) is 23.0 Å². The molecular weight excluding hydrogens is 406 g/mol. The van der Waals surface area contributed by atoms with Crippen molar-refractivity contribution in [1.29, 1.82) is 0 Å². The van der Waals surface area contributed by atoms with Gasteiger partial charge in [-0.2, -0.15) is 0 Å². The van der Waals surface area contributed by atoms with Gasteiger partial charge < -0.3 is 10.2 Å². The van der Waals surface area contributed by atoms with E-state index in [1.165, 1.54) is 12.0 Å². The lowest BCUT2D eigenvalue weighted by Gasteiger charge is -2.31. The lowest BCUT2D eigenvalue weighted by atomic mass is 9.94. The van der Waals surface area contributed by atoms with Crippen LogP contribution in [-0.4, -0.2) is 34.9 Å². The molecule has 5 nitrogen and oxygen atoms in total. The van der Waals surface area contributed by atoms with E-state index in [2.05, 4.69) is 24.5 Å². The maximum Gasteiger partial charge on any atom is 0.257 e. The van der Waals surface area contributed by atoms with Gasteiger partial charge in [0.05, 0.1) is 11.3 Å². The lowest BCUT2D eigenvalue weighted by Crippen LogP contribution is -2.39. The first-order valence-electron chi connectivity index (χ1n) is 10.9. The maximum absolute atomic E-state index is 13.1. The van der Waals surface area contributed by atoms with E-state index in [1.54, 1.807) is 24.3 Å². The standard InChI is InChI=1S/C25H31N3O2S/c1-17(2)18-13-15-19(16-14-18)23(29)27-25(31)26-22-12-8-7-11-21(22)24(30)28(3)20-9-5-4-6-10-20/h7-8,11-17,20H,4-6,9-10H2,1-3H3,(H2,26,27,29,31). The zero-order valence-corrected chi connectivity index (χ0v) is 19.3. The summed E-state index contributed by atoms with van der Waals surface area (Å²) < 4.78 is 0. The number of hydrogen-bond acceptors (Lipinski definition) is 3. The molecule has 0 unspecified atom stereocenters. The molecule has 0 aliphatic heterocycles. The van der Waals surface area contributed by atoms with Gasteiger partial charge in [-0.25, -0.2) is 0 Å². The van der Waals surface area contributed by atoms with Crippen LogP contribution in [0.25, 0.3) is 0 Å². The summed E-state index contributed by atoms with van der Waals surface area (Å²) in [5, 5.41) is 5.91. The van der Waals surface area contributed by atoms with Gasteiger partial charge in [0.15, 0.2) is 5.11 Å². The summed E-state index contributed by atoms with van der Waals surface area (Å²) in [4.78, 5) is 27.5. The first-order valence-corrected chi connectivity index (χ1v) is 11.4. The Morgan fingerprint density at radius 3 is 2.29 bits per heavy atom. The summed E-state index contributed by atoms with van der Waals surface area (Å²) in [6.07, 6.45) is 5.65. The van der Waals surface area contributed by atoms with Crippen LogP contribution in [0.15, 0.2) is 48.5 Å². The van der Waals surface area contributed by atoms with E-state index in [0.717, 1.165) is 25.7 Å². The van der Waals surface area contributed by atoms with E-state index in [9.17, 15) is 9.59 Å². The van der Waals surface area contributed by atoms with Gasteiger partial charge in [-0.1, -0.05) is 57.4 Å². The summed E-state index contributed by atoms with van der Waals surface area (Å²) >= 11 is 5.35. The number of thiocarbonyl (C=S) groups is 1. The minimum Gasteiger partial charge on any atom is -0.339 e. The van der Waals surface area contributed by atoms with Crippen LogP contribution in [0.3, 0.4) is 0 Å². The Kier molecular flexibility index (Phi) is 7.80. The first kappa shape index (κ1) is 22.9. The van der Waals surface area contributed by atoms with Gasteiger partial charge >= 0.3 is 0 Å². The van der Waals surface area contributed by atoms with Gasteiger partial charge in [0.1, 0.15) is 0 Å². The van der Waals surface area contributed by atoms with Gasteiger partial charge in [0.25, 0.3) is 11.8 Å². The molecule has 0 atom stereocenters. The molecule has 1 saturated carbocycles. The molecule has 0 heterocycles. The van der Waals surface area contributed by atoms with Crippen molar-refractivity contribution in [1.82, 2.24) is 10.2 Å². The third-order valence-corrected chi connectivity index (χ3v) is 6.12. The predicted octanol–water partition coefficient (Wildman–Crippen LogP) is 5.34. The molecule has 164 valence electrons. The quantitative estimate of drug-likeness (QED) is 0.620. The summed E-state index contributed by atoms with van der Waals surface area (Å²) in [7, 11) is 1.87. The first-order chi connectivity index (χ1) is 14.9. The smallest absolute Gasteiger partial charge is 0.257 e. The fraction of sp³-hybridized carbons (Fsp3) is 0.400. The minimum atomic E-state index is -0.282. The van der Waals surface area contributed by atoms with E-state index in [1.807, 2.05) is 36.2 Å². The second-order valence-corrected chi connectivity index (χ2v) is 8.85. The minimum absolute atomic E-state index is 0.0339. The normalized spacial score (nSPS) is 14.2. The summed E-state index contributed by atoms with van der Waals surface area (Å²) in [6, 6.07) is 15.0. The van der Waals surface area contributed by atoms with E-state index < -0.39 is 0 Å². The summed E-state index contributed by atoms with van der Waals surface area (Å²) in [5.74, 6) is 0.0879. The van der Waals surface area contributed by atoms with E-state index in [0.29, 0.717) is 22.7 Å². The van der Waals surface area contributed by atoms with Crippen molar-refractivity contribution in [3.63, 3.8) is 0 Å². The van der Waals surface area contributed by atoms with Crippen molar-refractivity contribution in [2.24, 2.45) is 0 Å². The van der Waals surface area contributed by atoms with Crippen LogP contribution < -0.4 is 10.6 Å². The van der Waals surface area contributed by atoms with Crippen LogP contribution in [-0.2, 0) is 0 Å². The molecule has 1 aliphatic carbocycles. The number of amides is 2. The summed E-state index contributed by atoms with van der Waals surface area (Å²) in [5.41, 5.74) is 2.85. The second-order valence-electron chi connectivity index (χ2n) is 8.44. The topological polar surface area (TPSA) is 61.4 Å². The Balaban J connectivity index is 1.66. The van der Waals surface area contributed by atoms with Crippen LogP contribution in [0, 0.1) is 0 Å². The Morgan fingerprint density at radius 2 is 1.65 bits per heavy atom. The van der Waals surface area contributed by atoms with Gasteiger partial charge in [-0.15, -0.1) is 0 Å². The third kappa shape index (κ3) is 5.91. The fourth-order valence-corrected chi connectivity index (χ4v) is 4.15. The molecule has 1 fully saturated rings. The molecule has 2 N–H and O–H groups in total. The average molecular weight is 438 g/mol. The van der Waals surface area contributed by atoms with Gasteiger partial charge in [0, 0.05) is 18.7 Å². The van der Waals surface area contributed by atoms with Gasteiger partial charge in [-0.3, -0.25) is 14.9 Å². The number of anilines is 1. The highest BCUT2D eigenvalue weighted by Crippen LogP contribution is 2.25. The van der Waals surface area contributed by atoms with E-state index >= 15 is 0 Å². The molecule has 31 heavy (non-hydrogen) atoms. The number of nitrogens with zero attached hydrogens (tertiary/aromatic N) is 1. The Morgan fingerprint density at radius 1 is 1.00 bits per heavy atom. The third-order valence-electron chi connectivity index (χ3n) is 5.92. The Bertz CT molecular complexity index is 934. The van der Waals surface area contributed by atoms with Crippen LogP contribution in [0.4, 0.5) is 5.69 Å². The molecule has 2 aromatic rings. The number of para-hydroxylation sites is 1. The van der Waals surface area contributed by atoms with Gasteiger partial charge in [0.2, 0.25) is 0 Å².